The summed E-state index contributed by atoms with van der Waals surface area (Å²) in [5, 5.41) is 2.85. The summed E-state index contributed by atoms with van der Waals surface area (Å²) < 4.78 is 5.17. The Morgan fingerprint density at radius 1 is 1.18 bits per heavy atom. The van der Waals surface area contributed by atoms with Gasteiger partial charge < -0.3 is 24.4 Å². The monoisotopic (exact) mass is 386 g/mol. The number of piperazine rings is 1. The van der Waals surface area contributed by atoms with Crippen molar-refractivity contribution in [3.63, 3.8) is 0 Å². The van der Waals surface area contributed by atoms with Crippen LogP contribution >= 0.6 is 0 Å². The van der Waals surface area contributed by atoms with E-state index in [1.54, 1.807) is 23.2 Å². The molecule has 150 valence electrons. The zero-order valence-corrected chi connectivity index (χ0v) is 16.3. The number of furan rings is 1. The van der Waals surface area contributed by atoms with Crippen LogP contribution in [0, 0.1) is 0 Å². The number of nitrogens with zero attached hydrogens (tertiary/aromatic N) is 5. The van der Waals surface area contributed by atoms with Gasteiger partial charge in [-0.25, -0.2) is 9.97 Å². The SMILES string of the molecule is CN(C)CCCNC(=O)c1cnc(N2CCN(C(=O)c3ccco3)CC2)cn1. The van der Waals surface area contributed by atoms with Crippen LogP contribution in [0.15, 0.2) is 35.2 Å². The van der Waals surface area contributed by atoms with E-state index in [0.29, 0.717) is 50.0 Å². The highest BCUT2D eigenvalue weighted by atomic mass is 16.3. The van der Waals surface area contributed by atoms with Gasteiger partial charge in [0, 0.05) is 32.7 Å². The average Bonchev–Trinajstić information content (AvgIpc) is 3.25. The van der Waals surface area contributed by atoms with Crippen molar-refractivity contribution in [3.8, 4) is 0 Å². The number of carbonyl (C=O) groups is 2. The van der Waals surface area contributed by atoms with E-state index in [-0.39, 0.29) is 11.8 Å². The van der Waals surface area contributed by atoms with Gasteiger partial charge in [-0.1, -0.05) is 0 Å². The summed E-state index contributed by atoms with van der Waals surface area (Å²) in [6.07, 6.45) is 5.49. The molecule has 0 aromatic carbocycles. The third-order valence-corrected chi connectivity index (χ3v) is 4.56. The molecule has 9 nitrogen and oxygen atoms in total. The summed E-state index contributed by atoms with van der Waals surface area (Å²) in [4.78, 5) is 38.9. The van der Waals surface area contributed by atoms with Crippen LogP contribution in [0.25, 0.3) is 0 Å². The highest BCUT2D eigenvalue weighted by Crippen LogP contribution is 2.14. The van der Waals surface area contributed by atoms with Crippen molar-refractivity contribution in [1.82, 2.24) is 25.1 Å². The molecule has 1 saturated heterocycles. The molecule has 0 unspecified atom stereocenters. The molecule has 0 aliphatic carbocycles. The molecular weight excluding hydrogens is 360 g/mol. The van der Waals surface area contributed by atoms with Crippen molar-refractivity contribution < 1.29 is 14.0 Å². The normalized spacial score (nSPS) is 14.4. The molecule has 2 aromatic rings. The van der Waals surface area contributed by atoms with Crippen LogP contribution in [0.4, 0.5) is 5.82 Å². The van der Waals surface area contributed by atoms with E-state index in [9.17, 15) is 9.59 Å². The topological polar surface area (TPSA) is 94.8 Å². The van der Waals surface area contributed by atoms with E-state index in [4.69, 9.17) is 4.42 Å². The maximum Gasteiger partial charge on any atom is 0.289 e. The fraction of sp³-hybridized carbons (Fsp3) is 0.474. The first kappa shape index (κ1) is 19.8. The number of carbonyl (C=O) groups excluding carboxylic acids is 2. The quantitative estimate of drug-likeness (QED) is 0.701. The Morgan fingerprint density at radius 3 is 2.57 bits per heavy atom. The van der Waals surface area contributed by atoms with E-state index in [1.165, 1.54) is 12.5 Å². The van der Waals surface area contributed by atoms with Crippen LogP contribution in [-0.2, 0) is 0 Å². The van der Waals surface area contributed by atoms with Gasteiger partial charge in [0.15, 0.2) is 5.76 Å². The maximum atomic E-state index is 12.3. The molecule has 0 spiro atoms. The molecule has 0 radical (unpaired) electrons. The minimum atomic E-state index is -0.216. The number of hydrogen-bond donors (Lipinski definition) is 1. The Balaban J connectivity index is 1.48. The summed E-state index contributed by atoms with van der Waals surface area (Å²) in [6.45, 7) is 3.98. The molecule has 3 rings (SSSR count). The molecule has 9 heteroatoms. The smallest absolute Gasteiger partial charge is 0.289 e. The van der Waals surface area contributed by atoms with Crippen molar-refractivity contribution in [2.24, 2.45) is 0 Å². The number of hydrogen-bond acceptors (Lipinski definition) is 7. The Kier molecular flexibility index (Phi) is 6.59. The Hall–Kier alpha value is -2.94. The second-order valence-electron chi connectivity index (χ2n) is 6.93. The first-order valence-corrected chi connectivity index (χ1v) is 9.37. The summed E-state index contributed by atoms with van der Waals surface area (Å²) in [6, 6.07) is 3.38. The number of aromatic nitrogens is 2. The van der Waals surface area contributed by atoms with Crippen LogP contribution in [-0.4, -0.2) is 84.9 Å². The van der Waals surface area contributed by atoms with Crippen LogP contribution < -0.4 is 10.2 Å². The van der Waals surface area contributed by atoms with Crippen molar-refractivity contribution in [2.75, 3.05) is 58.3 Å². The highest BCUT2D eigenvalue weighted by Gasteiger charge is 2.24. The lowest BCUT2D eigenvalue weighted by Gasteiger charge is -2.34. The zero-order chi connectivity index (χ0) is 19.9. The molecule has 3 heterocycles. The minimum absolute atomic E-state index is 0.1000. The van der Waals surface area contributed by atoms with Crippen LogP contribution in [0.5, 0.6) is 0 Å². The van der Waals surface area contributed by atoms with E-state index in [1.807, 2.05) is 14.1 Å². The van der Waals surface area contributed by atoms with Gasteiger partial charge in [-0.05, 0) is 39.2 Å². The predicted molar refractivity (Wildman–Crippen MR) is 104 cm³/mol. The van der Waals surface area contributed by atoms with Gasteiger partial charge in [0.2, 0.25) is 0 Å². The number of amides is 2. The largest absolute Gasteiger partial charge is 0.459 e. The second kappa shape index (κ2) is 9.32. The fourth-order valence-corrected chi connectivity index (χ4v) is 2.98. The molecule has 1 fully saturated rings. The Labute approximate surface area is 164 Å². The first-order chi connectivity index (χ1) is 13.5. The molecule has 1 aliphatic rings. The molecule has 0 saturated carbocycles. The number of rotatable bonds is 7. The number of nitrogens with one attached hydrogen (secondary N) is 1. The molecule has 0 atom stereocenters. The predicted octanol–water partition coefficient (Wildman–Crippen LogP) is 0.714. The molecule has 1 N–H and O–H groups in total. The lowest BCUT2D eigenvalue weighted by molar-refractivity contribution is 0.0714. The average molecular weight is 386 g/mol. The Bertz CT molecular complexity index is 767. The summed E-state index contributed by atoms with van der Waals surface area (Å²) in [7, 11) is 4.00. The Morgan fingerprint density at radius 2 is 1.96 bits per heavy atom. The lowest BCUT2D eigenvalue weighted by Crippen LogP contribution is -2.49. The van der Waals surface area contributed by atoms with E-state index >= 15 is 0 Å². The lowest BCUT2D eigenvalue weighted by atomic mass is 10.3. The van der Waals surface area contributed by atoms with E-state index < -0.39 is 0 Å². The molecule has 1 aliphatic heterocycles. The van der Waals surface area contributed by atoms with Gasteiger partial charge in [0.25, 0.3) is 11.8 Å². The van der Waals surface area contributed by atoms with Gasteiger partial charge >= 0.3 is 0 Å². The van der Waals surface area contributed by atoms with E-state index in [2.05, 4.69) is 25.1 Å². The summed E-state index contributed by atoms with van der Waals surface area (Å²) in [5.41, 5.74) is 0.306. The van der Waals surface area contributed by atoms with Gasteiger partial charge in [0.1, 0.15) is 11.5 Å². The minimum Gasteiger partial charge on any atom is -0.459 e. The third-order valence-electron chi connectivity index (χ3n) is 4.56. The summed E-state index contributed by atoms with van der Waals surface area (Å²) in [5.74, 6) is 0.743. The zero-order valence-electron chi connectivity index (χ0n) is 16.3. The first-order valence-electron chi connectivity index (χ1n) is 9.37. The van der Waals surface area contributed by atoms with Crippen LogP contribution in [0.1, 0.15) is 27.5 Å². The molecule has 0 bridgehead atoms. The highest BCUT2D eigenvalue weighted by molar-refractivity contribution is 5.92. The number of anilines is 1. The maximum absolute atomic E-state index is 12.3. The van der Waals surface area contributed by atoms with Crippen molar-refractivity contribution in [3.05, 3.63) is 42.2 Å². The molecular formula is C19H26N6O3. The van der Waals surface area contributed by atoms with Gasteiger partial charge in [-0.15, -0.1) is 0 Å². The van der Waals surface area contributed by atoms with Crippen molar-refractivity contribution >= 4 is 17.6 Å². The van der Waals surface area contributed by atoms with Gasteiger partial charge in [-0.2, -0.15) is 0 Å². The van der Waals surface area contributed by atoms with Crippen molar-refractivity contribution in [2.45, 2.75) is 6.42 Å². The molecule has 28 heavy (non-hydrogen) atoms. The standard InChI is InChI=1S/C19H26N6O3/c1-23(2)7-4-6-20-18(26)15-13-22-17(14-21-15)24-8-10-25(11-9-24)19(27)16-5-3-12-28-16/h3,5,12-14H,4,6-11H2,1-2H3,(H,20,26). The summed E-state index contributed by atoms with van der Waals surface area (Å²) >= 11 is 0. The third kappa shape index (κ3) is 5.07. The van der Waals surface area contributed by atoms with Crippen molar-refractivity contribution in [1.29, 1.82) is 0 Å². The molecule has 2 amide bonds. The molecule has 2 aromatic heterocycles. The second-order valence-corrected chi connectivity index (χ2v) is 6.93. The van der Waals surface area contributed by atoms with E-state index in [0.717, 1.165) is 13.0 Å². The van der Waals surface area contributed by atoms with Gasteiger partial charge in [-0.3, -0.25) is 9.59 Å². The fourth-order valence-electron chi connectivity index (χ4n) is 2.98. The van der Waals surface area contributed by atoms with Crippen LogP contribution in [0.2, 0.25) is 0 Å². The van der Waals surface area contributed by atoms with Crippen LogP contribution in [0.3, 0.4) is 0 Å². The van der Waals surface area contributed by atoms with Gasteiger partial charge in [0.05, 0.1) is 18.7 Å².